The number of carbonyl (C=O) groups excluding carboxylic acids is 1. The first-order chi connectivity index (χ1) is 12.4. The van der Waals surface area contributed by atoms with Crippen molar-refractivity contribution >= 4 is 6.03 Å². The van der Waals surface area contributed by atoms with Crippen LogP contribution in [-0.2, 0) is 13.6 Å². The number of nitrogens with one attached hydrogen (secondary N) is 1. The van der Waals surface area contributed by atoms with Gasteiger partial charge >= 0.3 is 6.03 Å². The number of urea groups is 1. The molecule has 2 atom stereocenters. The van der Waals surface area contributed by atoms with Crippen LogP contribution >= 0.6 is 0 Å². The lowest BCUT2D eigenvalue weighted by molar-refractivity contribution is 0.115. The lowest BCUT2D eigenvalue weighted by atomic mass is 9.99. The summed E-state index contributed by atoms with van der Waals surface area (Å²) in [5, 5.41) is 11.6. The molecule has 26 heavy (non-hydrogen) atoms. The molecule has 0 aromatic carbocycles. The Balaban J connectivity index is 1.42. The van der Waals surface area contributed by atoms with Crippen LogP contribution in [-0.4, -0.2) is 62.0 Å². The van der Waals surface area contributed by atoms with Crippen molar-refractivity contribution in [3.8, 4) is 11.3 Å². The van der Waals surface area contributed by atoms with Crippen molar-refractivity contribution in [2.75, 3.05) is 13.1 Å². The van der Waals surface area contributed by atoms with Gasteiger partial charge in [-0.15, -0.1) is 0 Å². The van der Waals surface area contributed by atoms with Crippen LogP contribution in [0.3, 0.4) is 0 Å². The van der Waals surface area contributed by atoms with Gasteiger partial charge in [-0.3, -0.25) is 9.58 Å². The predicted molar refractivity (Wildman–Crippen MR) is 96.4 cm³/mol. The molecule has 0 radical (unpaired) electrons. The third-order valence-electron chi connectivity index (χ3n) is 5.57. The Labute approximate surface area is 153 Å². The zero-order valence-electron chi connectivity index (χ0n) is 15.8. The van der Waals surface area contributed by atoms with E-state index in [1.54, 1.807) is 0 Å². The van der Waals surface area contributed by atoms with E-state index in [1.807, 2.05) is 35.8 Å². The number of aryl methyl sites for hydroxylation is 1. The molecule has 1 N–H and O–H groups in total. The van der Waals surface area contributed by atoms with Crippen LogP contribution in [0.5, 0.6) is 0 Å². The van der Waals surface area contributed by atoms with Gasteiger partial charge in [-0.25, -0.2) is 4.79 Å². The largest absolute Gasteiger partial charge is 0.359 e. The summed E-state index contributed by atoms with van der Waals surface area (Å²) in [7, 11) is 1.92. The molecule has 2 aromatic rings. The molecule has 2 aliphatic heterocycles. The summed E-state index contributed by atoms with van der Waals surface area (Å²) < 4.78 is 7.38. The minimum absolute atomic E-state index is 0.0610. The van der Waals surface area contributed by atoms with Crippen molar-refractivity contribution < 1.29 is 9.32 Å². The van der Waals surface area contributed by atoms with Crippen LogP contribution in [0.2, 0.25) is 0 Å². The Bertz CT molecular complexity index is 810. The van der Waals surface area contributed by atoms with E-state index in [1.165, 1.54) is 0 Å². The molecule has 0 spiro atoms. The highest BCUT2D eigenvalue weighted by atomic mass is 16.5. The molecule has 8 heteroatoms. The number of rotatable bonds is 4. The van der Waals surface area contributed by atoms with E-state index in [9.17, 15) is 4.79 Å². The van der Waals surface area contributed by atoms with E-state index in [2.05, 4.69) is 34.3 Å². The first kappa shape index (κ1) is 17.1. The standard InChI is InChI=1S/C18H26N6O2/c1-11(2)24-17-5-6-23(10-16(17)20-18(24)25)9-13-7-15(21-26-13)14-8-19-22(4)12(14)3/h7-8,11,16-17H,5-6,9-10H2,1-4H3,(H,20,25)/t16-,17+/m1/s1. The summed E-state index contributed by atoms with van der Waals surface area (Å²) in [6.07, 6.45) is 2.79. The van der Waals surface area contributed by atoms with Crippen molar-refractivity contribution in [1.29, 1.82) is 0 Å². The number of hydrogen-bond acceptors (Lipinski definition) is 5. The second-order valence-corrected chi connectivity index (χ2v) is 7.59. The number of nitrogens with zero attached hydrogens (tertiary/aromatic N) is 5. The summed E-state index contributed by atoms with van der Waals surface area (Å²) in [5.41, 5.74) is 2.88. The van der Waals surface area contributed by atoms with Crippen molar-refractivity contribution in [1.82, 2.24) is 30.1 Å². The number of fused-ring (bicyclic) bond motifs is 1. The first-order valence-corrected chi connectivity index (χ1v) is 9.19. The van der Waals surface area contributed by atoms with E-state index in [0.717, 1.165) is 42.2 Å². The number of aromatic nitrogens is 3. The van der Waals surface area contributed by atoms with Gasteiger partial charge in [0.15, 0.2) is 5.76 Å². The van der Waals surface area contributed by atoms with Crippen LogP contribution in [0.4, 0.5) is 4.79 Å². The summed E-state index contributed by atoms with van der Waals surface area (Å²) in [6.45, 7) is 8.65. The Morgan fingerprint density at radius 3 is 2.92 bits per heavy atom. The van der Waals surface area contributed by atoms with Crippen molar-refractivity contribution in [3.63, 3.8) is 0 Å². The monoisotopic (exact) mass is 358 g/mol. The summed E-state index contributed by atoms with van der Waals surface area (Å²) in [4.78, 5) is 16.5. The fraction of sp³-hybridized carbons (Fsp3) is 0.611. The van der Waals surface area contributed by atoms with Gasteiger partial charge in [-0.05, 0) is 27.2 Å². The third-order valence-corrected chi connectivity index (χ3v) is 5.57. The van der Waals surface area contributed by atoms with Gasteiger partial charge < -0.3 is 14.7 Å². The number of piperidine rings is 1. The van der Waals surface area contributed by atoms with Gasteiger partial charge in [0.1, 0.15) is 5.69 Å². The maximum atomic E-state index is 12.2. The minimum Gasteiger partial charge on any atom is -0.359 e. The van der Waals surface area contributed by atoms with Gasteiger partial charge in [-0.2, -0.15) is 5.10 Å². The zero-order chi connectivity index (χ0) is 18.4. The van der Waals surface area contributed by atoms with Crippen molar-refractivity contribution in [3.05, 3.63) is 23.7 Å². The fourth-order valence-corrected chi connectivity index (χ4v) is 4.11. The van der Waals surface area contributed by atoms with Crippen molar-refractivity contribution in [2.45, 2.75) is 51.9 Å². The molecule has 2 aromatic heterocycles. The fourth-order valence-electron chi connectivity index (χ4n) is 4.11. The number of carbonyl (C=O) groups is 1. The maximum Gasteiger partial charge on any atom is 0.318 e. The van der Waals surface area contributed by atoms with Crippen LogP contribution in [0, 0.1) is 6.92 Å². The Kier molecular flexibility index (Phi) is 4.22. The third kappa shape index (κ3) is 2.88. The number of likely N-dealkylation sites (tertiary alicyclic amines) is 1. The average Bonchev–Trinajstić information content (AvgIpc) is 3.25. The topological polar surface area (TPSA) is 79.4 Å². The molecule has 2 fully saturated rings. The van der Waals surface area contributed by atoms with Crippen molar-refractivity contribution in [2.24, 2.45) is 7.05 Å². The summed E-state index contributed by atoms with van der Waals surface area (Å²) >= 11 is 0. The molecule has 2 amide bonds. The van der Waals surface area contributed by atoms with E-state index < -0.39 is 0 Å². The van der Waals surface area contributed by atoms with Crippen LogP contribution < -0.4 is 5.32 Å². The molecule has 8 nitrogen and oxygen atoms in total. The number of amides is 2. The second-order valence-electron chi connectivity index (χ2n) is 7.59. The molecule has 2 saturated heterocycles. The molecule has 4 heterocycles. The first-order valence-electron chi connectivity index (χ1n) is 9.19. The second kappa shape index (κ2) is 6.42. The predicted octanol–water partition coefficient (Wildman–Crippen LogP) is 1.76. The quantitative estimate of drug-likeness (QED) is 0.901. The van der Waals surface area contributed by atoms with Gasteiger partial charge in [0.25, 0.3) is 0 Å². The zero-order valence-corrected chi connectivity index (χ0v) is 15.8. The van der Waals surface area contributed by atoms with Gasteiger partial charge in [0, 0.05) is 43.5 Å². The molecule has 0 saturated carbocycles. The lowest BCUT2D eigenvalue weighted by Crippen LogP contribution is -2.51. The van der Waals surface area contributed by atoms with E-state index in [0.29, 0.717) is 12.6 Å². The molecule has 2 aliphatic rings. The Morgan fingerprint density at radius 2 is 2.23 bits per heavy atom. The summed E-state index contributed by atoms with van der Waals surface area (Å²) in [6, 6.07) is 2.76. The Morgan fingerprint density at radius 1 is 1.42 bits per heavy atom. The van der Waals surface area contributed by atoms with Gasteiger partial charge in [0.2, 0.25) is 0 Å². The van der Waals surface area contributed by atoms with Crippen LogP contribution in [0.1, 0.15) is 31.7 Å². The molecule has 0 bridgehead atoms. The van der Waals surface area contributed by atoms with Gasteiger partial charge in [-0.1, -0.05) is 5.16 Å². The minimum atomic E-state index is 0.0610. The van der Waals surface area contributed by atoms with E-state index in [-0.39, 0.29) is 18.1 Å². The summed E-state index contributed by atoms with van der Waals surface area (Å²) in [5.74, 6) is 0.840. The average molecular weight is 358 g/mol. The smallest absolute Gasteiger partial charge is 0.318 e. The van der Waals surface area contributed by atoms with E-state index in [4.69, 9.17) is 4.52 Å². The normalized spacial score (nSPS) is 23.6. The molecular formula is C18H26N6O2. The molecule has 4 rings (SSSR count). The highest BCUT2D eigenvalue weighted by Crippen LogP contribution is 2.27. The highest BCUT2D eigenvalue weighted by Gasteiger charge is 2.43. The molecule has 0 unspecified atom stereocenters. The molecular weight excluding hydrogens is 332 g/mol. The SMILES string of the molecule is Cc1c(-c2cc(CN3CC[C@H]4[C@@H](C3)NC(=O)N4C(C)C)on2)cnn1C. The van der Waals surface area contributed by atoms with E-state index >= 15 is 0 Å². The molecule has 0 aliphatic carbocycles. The maximum absolute atomic E-state index is 12.2. The molecule has 140 valence electrons. The lowest BCUT2D eigenvalue weighted by Gasteiger charge is -2.37. The highest BCUT2D eigenvalue weighted by molar-refractivity contribution is 5.78. The Hall–Kier alpha value is -2.35. The van der Waals surface area contributed by atoms with Gasteiger partial charge in [0.05, 0.1) is 24.8 Å². The van der Waals surface area contributed by atoms with Crippen LogP contribution in [0.25, 0.3) is 11.3 Å². The number of hydrogen-bond donors (Lipinski definition) is 1. The van der Waals surface area contributed by atoms with Crippen LogP contribution in [0.15, 0.2) is 16.8 Å².